The minimum absolute atomic E-state index is 0.0593. The van der Waals surface area contributed by atoms with Gasteiger partial charge in [-0.15, -0.1) is 11.3 Å². The van der Waals surface area contributed by atoms with Crippen molar-refractivity contribution in [2.45, 2.75) is 39.0 Å². The molecule has 0 saturated carbocycles. The molecule has 0 spiro atoms. The number of thiophene rings is 1. The molecule has 1 unspecified atom stereocenters. The Morgan fingerprint density at radius 1 is 1.48 bits per heavy atom. The SMILES string of the molecule is COCCCC1C[C@H](N)c2cc(S(C)(=O)=O)sc2S1(=O)=O. The van der Waals surface area contributed by atoms with Crippen molar-refractivity contribution in [2.24, 2.45) is 5.73 Å². The van der Waals surface area contributed by atoms with Gasteiger partial charge in [-0.2, -0.15) is 0 Å². The summed E-state index contributed by atoms with van der Waals surface area (Å²) in [4.78, 5) is 0. The highest BCUT2D eigenvalue weighted by molar-refractivity contribution is 7.96. The van der Waals surface area contributed by atoms with Crippen molar-refractivity contribution in [1.82, 2.24) is 0 Å². The monoisotopic (exact) mass is 353 g/mol. The molecular weight excluding hydrogens is 334 g/mol. The summed E-state index contributed by atoms with van der Waals surface area (Å²) in [5.74, 6) is 0. The summed E-state index contributed by atoms with van der Waals surface area (Å²) >= 11 is 0.809. The van der Waals surface area contributed by atoms with Gasteiger partial charge in [0.15, 0.2) is 19.7 Å². The lowest BCUT2D eigenvalue weighted by Crippen LogP contribution is -2.32. The molecule has 2 heterocycles. The number of rotatable bonds is 5. The van der Waals surface area contributed by atoms with E-state index in [9.17, 15) is 16.8 Å². The molecule has 1 aliphatic rings. The maximum absolute atomic E-state index is 12.6. The summed E-state index contributed by atoms with van der Waals surface area (Å²) in [7, 11) is -5.38. The van der Waals surface area contributed by atoms with E-state index in [1.165, 1.54) is 6.07 Å². The first-order valence-electron chi connectivity index (χ1n) is 6.50. The van der Waals surface area contributed by atoms with Crippen molar-refractivity contribution in [3.05, 3.63) is 11.6 Å². The van der Waals surface area contributed by atoms with E-state index in [1.807, 2.05) is 0 Å². The van der Waals surface area contributed by atoms with Gasteiger partial charge in [-0.1, -0.05) is 0 Å². The summed E-state index contributed by atoms with van der Waals surface area (Å²) in [6, 6.07) is 0.964. The fourth-order valence-corrected chi connectivity index (χ4v) is 7.42. The molecular formula is C12H19NO5S3. The molecule has 2 rings (SSSR count). The molecule has 0 amide bonds. The van der Waals surface area contributed by atoms with Crippen LogP contribution >= 0.6 is 11.3 Å². The minimum atomic E-state index is -3.52. The highest BCUT2D eigenvalue weighted by atomic mass is 32.3. The molecule has 1 aromatic rings. The summed E-state index contributed by atoms with van der Waals surface area (Å²) in [6.45, 7) is 0.493. The molecule has 0 aromatic carbocycles. The Bertz CT molecular complexity index is 720. The van der Waals surface area contributed by atoms with Crippen LogP contribution in [0.2, 0.25) is 0 Å². The molecule has 2 atom stereocenters. The van der Waals surface area contributed by atoms with Crippen LogP contribution in [0.15, 0.2) is 14.5 Å². The third-order valence-corrected chi connectivity index (χ3v) is 9.31. The molecule has 1 aromatic heterocycles. The number of methoxy groups -OCH3 is 1. The lowest BCUT2D eigenvalue weighted by Gasteiger charge is -2.26. The van der Waals surface area contributed by atoms with Gasteiger partial charge in [0.25, 0.3) is 0 Å². The van der Waals surface area contributed by atoms with Crippen molar-refractivity contribution in [3.8, 4) is 0 Å². The Hall–Kier alpha value is -0.480. The molecule has 6 nitrogen and oxygen atoms in total. The van der Waals surface area contributed by atoms with Crippen LogP contribution < -0.4 is 5.73 Å². The Morgan fingerprint density at radius 2 is 2.14 bits per heavy atom. The van der Waals surface area contributed by atoms with Gasteiger partial charge < -0.3 is 10.5 Å². The molecule has 0 aliphatic carbocycles. The Balaban J connectivity index is 2.40. The zero-order valence-electron chi connectivity index (χ0n) is 11.9. The molecule has 0 radical (unpaired) electrons. The van der Waals surface area contributed by atoms with Gasteiger partial charge in [0.05, 0.1) is 5.25 Å². The first-order valence-corrected chi connectivity index (χ1v) is 10.8. The second-order valence-corrected chi connectivity index (χ2v) is 10.9. The number of hydrogen-bond acceptors (Lipinski definition) is 7. The number of nitrogens with two attached hydrogens (primary N) is 1. The molecule has 1 aliphatic heterocycles. The van der Waals surface area contributed by atoms with E-state index in [2.05, 4.69) is 0 Å². The number of hydrogen-bond donors (Lipinski definition) is 1. The average Bonchev–Trinajstić information content (AvgIpc) is 2.82. The van der Waals surface area contributed by atoms with Gasteiger partial charge in [-0.25, -0.2) is 16.8 Å². The van der Waals surface area contributed by atoms with Crippen LogP contribution in [0.4, 0.5) is 0 Å². The lowest BCUT2D eigenvalue weighted by molar-refractivity contribution is 0.192. The lowest BCUT2D eigenvalue weighted by atomic mass is 10.0. The third-order valence-electron chi connectivity index (χ3n) is 3.56. The van der Waals surface area contributed by atoms with Gasteiger partial charge >= 0.3 is 0 Å². The van der Waals surface area contributed by atoms with E-state index in [0.29, 0.717) is 31.4 Å². The molecule has 21 heavy (non-hydrogen) atoms. The topological polar surface area (TPSA) is 104 Å². The van der Waals surface area contributed by atoms with E-state index in [4.69, 9.17) is 10.5 Å². The largest absolute Gasteiger partial charge is 0.385 e. The fourth-order valence-electron chi connectivity index (χ4n) is 2.45. The van der Waals surface area contributed by atoms with Crippen molar-refractivity contribution in [1.29, 1.82) is 0 Å². The van der Waals surface area contributed by atoms with Gasteiger partial charge in [0.1, 0.15) is 8.42 Å². The molecule has 0 saturated heterocycles. The zero-order chi connectivity index (χ0) is 15.8. The highest BCUT2D eigenvalue weighted by Gasteiger charge is 2.39. The van der Waals surface area contributed by atoms with Crippen LogP contribution in [-0.4, -0.2) is 42.1 Å². The summed E-state index contributed by atoms with van der Waals surface area (Å²) in [5, 5.41) is -0.568. The van der Waals surface area contributed by atoms with Crippen LogP contribution in [0.3, 0.4) is 0 Å². The van der Waals surface area contributed by atoms with Crippen LogP contribution in [0.25, 0.3) is 0 Å². The molecule has 9 heteroatoms. The number of fused-ring (bicyclic) bond motifs is 1. The third kappa shape index (κ3) is 3.31. The minimum Gasteiger partial charge on any atom is -0.385 e. The smallest absolute Gasteiger partial charge is 0.191 e. The standard InChI is InChI=1S/C12H19NO5S3/c1-18-5-3-4-8-6-10(13)9-7-11(20(2,14)15)19-12(9)21(8,16)17/h7-8,10H,3-6,13H2,1-2H3/t8?,10-/m0/s1. The number of sulfone groups is 2. The predicted octanol–water partition coefficient (Wildman–Crippen LogP) is 1.12. The summed E-state index contributed by atoms with van der Waals surface area (Å²) < 4.78 is 53.6. The predicted molar refractivity (Wildman–Crippen MR) is 81.1 cm³/mol. The van der Waals surface area contributed by atoms with Crippen molar-refractivity contribution in [2.75, 3.05) is 20.0 Å². The van der Waals surface area contributed by atoms with Gasteiger partial charge in [0.2, 0.25) is 0 Å². The van der Waals surface area contributed by atoms with Crippen LogP contribution in [0.1, 0.15) is 30.9 Å². The Morgan fingerprint density at radius 3 is 2.71 bits per heavy atom. The number of ether oxygens (including phenoxy) is 1. The Kier molecular flexibility index (Phi) is 4.79. The van der Waals surface area contributed by atoms with Gasteiger partial charge in [-0.3, -0.25) is 0 Å². The molecule has 0 bridgehead atoms. The Labute approximate surface area is 129 Å². The van der Waals surface area contributed by atoms with E-state index in [0.717, 1.165) is 17.6 Å². The van der Waals surface area contributed by atoms with Crippen LogP contribution in [0.5, 0.6) is 0 Å². The fraction of sp³-hybridized carbons (Fsp3) is 0.667. The molecule has 0 fully saturated rings. The van der Waals surface area contributed by atoms with Gasteiger partial charge in [-0.05, 0) is 30.9 Å². The second-order valence-electron chi connectivity index (χ2n) is 5.22. The van der Waals surface area contributed by atoms with E-state index in [1.54, 1.807) is 7.11 Å². The van der Waals surface area contributed by atoms with Crippen LogP contribution in [0, 0.1) is 0 Å². The van der Waals surface area contributed by atoms with Crippen molar-refractivity contribution in [3.63, 3.8) is 0 Å². The maximum Gasteiger partial charge on any atom is 0.191 e. The van der Waals surface area contributed by atoms with E-state index < -0.39 is 31.0 Å². The second kappa shape index (κ2) is 5.96. The highest BCUT2D eigenvalue weighted by Crippen LogP contribution is 2.42. The maximum atomic E-state index is 12.6. The van der Waals surface area contributed by atoms with Gasteiger partial charge in [0, 0.05) is 26.0 Å². The van der Waals surface area contributed by atoms with Crippen LogP contribution in [-0.2, 0) is 24.4 Å². The van der Waals surface area contributed by atoms with Crippen molar-refractivity contribution >= 4 is 31.0 Å². The molecule has 2 N–H and O–H groups in total. The zero-order valence-corrected chi connectivity index (χ0v) is 14.4. The summed E-state index contributed by atoms with van der Waals surface area (Å²) in [5.41, 5.74) is 6.47. The van der Waals surface area contributed by atoms with Crippen molar-refractivity contribution < 1.29 is 21.6 Å². The normalized spacial score (nSPS) is 24.7. The molecule has 120 valence electrons. The first kappa shape index (κ1) is 16.9. The van der Waals surface area contributed by atoms with E-state index >= 15 is 0 Å². The summed E-state index contributed by atoms with van der Waals surface area (Å²) in [6.07, 6.45) is 2.49. The first-order chi connectivity index (χ1) is 9.67. The van der Waals surface area contributed by atoms with E-state index in [-0.39, 0.29) is 8.42 Å². The quantitative estimate of drug-likeness (QED) is 0.796. The average molecular weight is 353 g/mol.